The maximum absolute atomic E-state index is 2.42. The van der Waals surface area contributed by atoms with Crippen molar-refractivity contribution >= 4 is 44.3 Å². The average Bonchev–Trinajstić information content (AvgIpc) is 3.18. The zero-order valence-corrected chi connectivity index (χ0v) is 27.9. The molecule has 0 atom stereocenters. The minimum absolute atomic E-state index is 0.944. The van der Waals surface area contributed by atoms with E-state index in [0.29, 0.717) is 0 Å². The van der Waals surface area contributed by atoms with Gasteiger partial charge in [-0.2, -0.15) is 0 Å². The monoisotopic (exact) mass is 630 g/mol. The maximum Gasteiger partial charge on any atom is 0.0540 e. The van der Waals surface area contributed by atoms with Crippen molar-refractivity contribution in [1.29, 1.82) is 0 Å². The van der Waals surface area contributed by atoms with E-state index in [1.165, 1.54) is 60.6 Å². The molecule has 0 aromatic heterocycles. The van der Waals surface area contributed by atoms with Crippen LogP contribution < -0.4 is 9.80 Å². The summed E-state index contributed by atoms with van der Waals surface area (Å²) < 4.78 is 0. The highest BCUT2D eigenvalue weighted by Gasteiger charge is 2.18. The van der Waals surface area contributed by atoms with Gasteiger partial charge in [0.2, 0.25) is 0 Å². The second-order valence-electron chi connectivity index (χ2n) is 12.6. The van der Waals surface area contributed by atoms with Gasteiger partial charge < -0.3 is 9.80 Å². The van der Waals surface area contributed by atoms with Crippen LogP contribution in [0.5, 0.6) is 0 Å². The molecule has 0 aliphatic heterocycles. The van der Waals surface area contributed by atoms with Gasteiger partial charge in [-0.15, -0.1) is 0 Å². The summed E-state index contributed by atoms with van der Waals surface area (Å²) in [6, 6.07) is 66.0. The normalized spacial score (nSPS) is 11.1. The SMILES string of the molecule is CCN(C)c1ccc(-c2cccc(-c3cccc(N(c4cccc5ccccc45)c4cccc5ccccc45)c3)c2)cc1-c1ccccc1. The molecule has 2 nitrogen and oxygen atoms in total. The third-order valence-corrected chi connectivity index (χ3v) is 9.62. The quantitative estimate of drug-likeness (QED) is 0.165. The Bertz CT molecular complexity index is 2320. The summed E-state index contributed by atoms with van der Waals surface area (Å²) in [7, 11) is 2.16. The molecular weight excluding hydrogens is 593 g/mol. The lowest BCUT2D eigenvalue weighted by molar-refractivity contribution is 0.970. The van der Waals surface area contributed by atoms with E-state index in [-0.39, 0.29) is 0 Å². The number of benzene rings is 8. The first-order valence-electron chi connectivity index (χ1n) is 17.0. The Labute approximate surface area is 289 Å². The predicted molar refractivity (Wildman–Crippen MR) is 211 cm³/mol. The van der Waals surface area contributed by atoms with E-state index in [9.17, 15) is 0 Å². The van der Waals surface area contributed by atoms with Crippen molar-refractivity contribution in [3.05, 3.63) is 182 Å². The molecule has 49 heavy (non-hydrogen) atoms. The number of rotatable bonds is 8. The molecule has 8 aromatic carbocycles. The average molecular weight is 631 g/mol. The molecule has 8 aromatic rings. The van der Waals surface area contributed by atoms with E-state index < -0.39 is 0 Å². The van der Waals surface area contributed by atoms with E-state index in [1.807, 2.05) is 0 Å². The molecule has 0 radical (unpaired) electrons. The Morgan fingerprint density at radius 2 is 0.878 bits per heavy atom. The minimum atomic E-state index is 0.944. The molecule has 0 fully saturated rings. The van der Waals surface area contributed by atoms with Crippen LogP contribution in [0.15, 0.2) is 182 Å². The Morgan fingerprint density at radius 3 is 1.51 bits per heavy atom. The number of nitrogens with zero attached hydrogens (tertiary/aromatic N) is 2. The van der Waals surface area contributed by atoms with Crippen molar-refractivity contribution in [1.82, 2.24) is 0 Å². The molecule has 0 N–H and O–H groups in total. The summed E-state index contributed by atoms with van der Waals surface area (Å²) in [6.07, 6.45) is 0. The lowest BCUT2D eigenvalue weighted by atomic mass is 9.94. The van der Waals surface area contributed by atoms with Crippen LogP contribution in [-0.4, -0.2) is 13.6 Å². The van der Waals surface area contributed by atoms with E-state index in [2.05, 4.69) is 206 Å². The number of anilines is 4. The molecule has 2 heteroatoms. The summed E-state index contributed by atoms with van der Waals surface area (Å²) in [6.45, 7) is 3.14. The van der Waals surface area contributed by atoms with E-state index in [0.717, 1.165) is 23.6 Å². The zero-order valence-electron chi connectivity index (χ0n) is 27.9. The van der Waals surface area contributed by atoms with Crippen molar-refractivity contribution in [2.45, 2.75) is 6.92 Å². The highest BCUT2D eigenvalue weighted by atomic mass is 15.1. The van der Waals surface area contributed by atoms with Crippen molar-refractivity contribution in [2.75, 3.05) is 23.4 Å². The summed E-state index contributed by atoms with van der Waals surface area (Å²) in [5.41, 5.74) is 11.9. The summed E-state index contributed by atoms with van der Waals surface area (Å²) in [5, 5.41) is 4.88. The lowest BCUT2D eigenvalue weighted by Crippen LogP contribution is -2.16. The molecule has 236 valence electrons. The Kier molecular flexibility index (Phi) is 8.13. The highest BCUT2D eigenvalue weighted by molar-refractivity contribution is 6.05. The van der Waals surface area contributed by atoms with Crippen LogP contribution in [0.25, 0.3) is 54.9 Å². The van der Waals surface area contributed by atoms with Crippen molar-refractivity contribution in [2.24, 2.45) is 0 Å². The second-order valence-corrected chi connectivity index (χ2v) is 12.6. The van der Waals surface area contributed by atoms with Crippen LogP contribution in [-0.2, 0) is 0 Å². The first kappa shape index (κ1) is 30.2. The lowest BCUT2D eigenvalue weighted by Gasteiger charge is -2.28. The Balaban J connectivity index is 1.25. The summed E-state index contributed by atoms with van der Waals surface area (Å²) in [5.74, 6) is 0. The summed E-state index contributed by atoms with van der Waals surface area (Å²) >= 11 is 0. The highest BCUT2D eigenvalue weighted by Crippen LogP contribution is 2.43. The van der Waals surface area contributed by atoms with E-state index in [4.69, 9.17) is 0 Å². The van der Waals surface area contributed by atoms with Crippen molar-refractivity contribution < 1.29 is 0 Å². The number of hydrogen-bond donors (Lipinski definition) is 0. The molecule has 0 unspecified atom stereocenters. The summed E-state index contributed by atoms with van der Waals surface area (Å²) in [4.78, 5) is 4.73. The van der Waals surface area contributed by atoms with Gasteiger partial charge in [0, 0.05) is 41.3 Å². The molecule has 0 heterocycles. The first-order valence-corrected chi connectivity index (χ1v) is 17.0. The largest absolute Gasteiger partial charge is 0.374 e. The van der Waals surface area contributed by atoms with Gasteiger partial charge in [0.1, 0.15) is 0 Å². The van der Waals surface area contributed by atoms with Gasteiger partial charge in [-0.05, 0) is 88.0 Å². The topological polar surface area (TPSA) is 6.48 Å². The molecule has 0 aliphatic rings. The first-order chi connectivity index (χ1) is 24.2. The molecule has 0 amide bonds. The molecule has 8 rings (SSSR count). The molecule has 0 spiro atoms. The molecule has 0 saturated heterocycles. The van der Waals surface area contributed by atoms with Gasteiger partial charge in [0.05, 0.1) is 11.4 Å². The van der Waals surface area contributed by atoms with Gasteiger partial charge in [0.15, 0.2) is 0 Å². The van der Waals surface area contributed by atoms with Gasteiger partial charge >= 0.3 is 0 Å². The maximum atomic E-state index is 2.42. The van der Waals surface area contributed by atoms with E-state index >= 15 is 0 Å². The number of fused-ring (bicyclic) bond motifs is 2. The molecular formula is C47H38N2. The third-order valence-electron chi connectivity index (χ3n) is 9.62. The van der Waals surface area contributed by atoms with Gasteiger partial charge in [-0.25, -0.2) is 0 Å². The van der Waals surface area contributed by atoms with E-state index in [1.54, 1.807) is 0 Å². The van der Waals surface area contributed by atoms with Crippen molar-refractivity contribution in [3.8, 4) is 33.4 Å². The fraction of sp³-hybridized carbons (Fsp3) is 0.0638. The fourth-order valence-corrected chi connectivity index (χ4v) is 6.99. The molecule has 0 aliphatic carbocycles. The van der Waals surface area contributed by atoms with Crippen LogP contribution in [0.4, 0.5) is 22.7 Å². The smallest absolute Gasteiger partial charge is 0.0540 e. The Morgan fingerprint density at radius 1 is 0.388 bits per heavy atom. The van der Waals surface area contributed by atoms with Crippen LogP contribution in [0, 0.1) is 0 Å². The van der Waals surface area contributed by atoms with Gasteiger partial charge in [-0.3, -0.25) is 0 Å². The standard InChI is InChI=1S/C47H38N2/c1-3-48(2)45-30-29-40(33-44(45)36-15-5-4-6-16-36)38-22-11-21-37(31-38)39-23-12-24-41(32-39)49(46-27-13-19-34-17-7-9-25-42(34)46)47-28-14-20-35-18-8-10-26-43(35)47/h4-33H,3H2,1-2H3. The van der Waals surface area contributed by atoms with Crippen LogP contribution in [0.1, 0.15) is 6.92 Å². The molecule has 0 saturated carbocycles. The third kappa shape index (κ3) is 5.83. The number of hydrogen-bond acceptors (Lipinski definition) is 2. The zero-order chi connectivity index (χ0) is 33.2. The van der Waals surface area contributed by atoms with Crippen LogP contribution in [0.3, 0.4) is 0 Å². The second kappa shape index (κ2) is 13.2. The minimum Gasteiger partial charge on any atom is -0.374 e. The van der Waals surface area contributed by atoms with Crippen LogP contribution >= 0.6 is 0 Å². The fourth-order valence-electron chi connectivity index (χ4n) is 6.99. The van der Waals surface area contributed by atoms with Gasteiger partial charge in [0.25, 0.3) is 0 Å². The molecule has 0 bridgehead atoms. The van der Waals surface area contributed by atoms with Gasteiger partial charge in [-0.1, -0.05) is 140 Å². The van der Waals surface area contributed by atoms with Crippen LogP contribution in [0.2, 0.25) is 0 Å². The Hall–Kier alpha value is -6.12. The predicted octanol–water partition coefficient (Wildman–Crippen LogP) is 12.9. The van der Waals surface area contributed by atoms with Crippen molar-refractivity contribution in [3.63, 3.8) is 0 Å².